The lowest BCUT2D eigenvalue weighted by Crippen LogP contribution is -2.20. The first-order valence-electron chi connectivity index (χ1n) is 12.4. The molecule has 1 aliphatic rings. The molecular weight excluding hydrogens is 480 g/mol. The molecule has 2 heterocycles. The van der Waals surface area contributed by atoms with Crippen molar-refractivity contribution >= 4 is 28.0 Å². The minimum absolute atomic E-state index is 0.222. The molecule has 1 unspecified atom stereocenters. The average Bonchev–Trinajstić information content (AvgIpc) is 3.47. The van der Waals surface area contributed by atoms with Gasteiger partial charge in [-0.25, -0.2) is 0 Å². The molecule has 0 fully saturated rings. The number of phenols is 1. The lowest BCUT2D eigenvalue weighted by Gasteiger charge is -2.28. The SMILES string of the molecule is CC(C)(C)c1cc(NC(=O)c2cccn2-c2ccc(NCC3=CC=CS3=N)cc2)cc(C(C)(C)C)c1O. The molecule has 37 heavy (non-hydrogen) atoms. The fourth-order valence-electron chi connectivity index (χ4n) is 4.29. The van der Waals surface area contributed by atoms with Gasteiger partial charge in [-0.05, 0) is 70.8 Å². The monoisotopic (exact) mass is 516 g/mol. The molecule has 6 nitrogen and oxygen atoms in total. The first-order valence-corrected chi connectivity index (χ1v) is 13.7. The number of aromatic hydroxyl groups is 1. The highest BCUT2D eigenvalue weighted by atomic mass is 32.2. The van der Waals surface area contributed by atoms with Gasteiger partial charge >= 0.3 is 0 Å². The smallest absolute Gasteiger partial charge is 0.272 e. The van der Waals surface area contributed by atoms with Crippen LogP contribution in [0.3, 0.4) is 0 Å². The third-order valence-corrected chi connectivity index (χ3v) is 7.63. The summed E-state index contributed by atoms with van der Waals surface area (Å²) < 4.78 is 9.86. The molecule has 0 saturated heterocycles. The molecule has 0 radical (unpaired) electrons. The highest BCUT2D eigenvalue weighted by Crippen LogP contribution is 2.41. The quantitative estimate of drug-likeness (QED) is 0.260. The van der Waals surface area contributed by atoms with E-state index in [1.165, 1.54) is 0 Å². The zero-order valence-corrected chi connectivity index (χ0v) is 23.2. The molecule has 0 saturated carbocycles. The molecule has 4 N–H and O–H groups in total. The van der Waals surface area contributed by atoms with Crippen molar-refractivity contribution in [1.29, 1.82) is 4.78 Å². The van der Waals surface area contributed by atoms with Crippen molar-refractivity contribution in [3.8, 4) is 11.4 Å². The Morgan fingerprint density at radius 2 is 1.59 bits per heavy atom. The zero-order chi connectivity index (χ0) is 27.0. The Labute approximate surface area is 222 Å². The van der Waals surface area contributed by atoms with Crippen LogP contribution in [0.15, 0.2) is 77.2 Å². The van der Waals surface area contributed by atoms with Gasteiger partial charge in [-0.3, -0.25) is 9.57 Å². The third-order valence-electron chi connectivity index (χ3n) is 6.36. The Kier molecular flexibility index (Phi) is 7.20. The van der Waals surface area contributed by atoms with Crippen LogP contribution in [-0.4, -0.2) is 22.1 Å². The predicted octanol–water partition coefficient (Wildman–Crippen LogP) is 7.23. The van der Waals surface area contributed by atoms with Crippen molar-refractivity contribution < 1.29 is 9.90 Å². The van der Waals surface area contributed by atoms with E-state index in [1.54, 1.807) is 6.07 Å². The van der Waals surface area contributed by atoms with E-state index in [0.717, 1.165) is 27.4 Å². The van der Waals surface area contributed by atoms with Crippen LogP contribution < -0.4 is 10.6 Å². The molecule has 2 aromatic carbocycles. The number of benzene rings is 2. The van der Waals surface area contributed by atoms with E-state index < -0.39 is 10.7 Å². The number of phenolic OH excluding ortho intramolecular Hbond substituents is 1. The molecule has 1 aliphatic heterocycles. The van der Waals surface area contributed by atoms with Gasteiger partial charge in [0.05, 0.1) is 0 Å². The number of amides is 1. The summed E-state index contributed by atoms with van der Waals surface area (Å²) in [5, 5.41) is 19.3. The van der Waals surface area contributed by atoms with Crippen LogP contribution in [0.2, 0.25) is 0 Å². The van der Waals surface area contributed by atoms with Crippen molar-refractivity contribution in [3.05, 3.63) is 94.0 Å². The molecule has 194 valence electrons. The minimum atomic E-state index is -0.548. The summed E-state index contributed by atoms with van der Waals surface area (Å²) in [7, 11) is -0.548. The number of nitrogens with one attached hydrogen (secondary N) is 3. The van der Waals surface area contributed by atoms with Crippen LogP contribution in [0.5, 0.6) is 5.75 Å². The zero-order valence-electron chi connectivity index (χ0n) is 22.3. The van der Waals surface area contributed by atoms with E-state index in [4.69, 9.17) is 4.78 Å². The summed E-state index contributed by atoms with van der Waals surface area (Å²) >= 11 is 0. The first-order chi connectivity index (χ1) is 17.3. The van der Waals surface area contributed by atoms with Gasteiger partial charge in [0.15, 0.2) is 0 Å². The van der Waals surface area contributed by atoms with E-state index in [-0.39, 0.29) is 22.5 Å². The largest absolute Gasteiger partial charge is 0.507 e. The molecule has 3 aromatic rings. The van der Waals surface area contributed by atoms with E-state index in [0.29, 0.717) is 17.9 Å². The lowest BCUT2D eigenvalue weighted by molar-refractivity contribution is 0.102. The Morgan fingerprint density at radius 3 is 2.14 bits per heavy atom. The maximum Gasteiger partial charge on any atom is 0.272 e. The number of nitrogens with zero attached hydrogens (tertiary/aromatic N) is 1. The van der Waals surface area contributed by atoms with E-state index in [9.17, 15) is 9.90 Å². The summed E-state index contributed by atoms with van der Waals surface area (Å²) in [6.07, 6.45) is 5.79. The second-order valence-electron chi connectivity index (χ2n) is 11.3. The summed E-state index contributed by atoms with van der Waals surface area (Å²) in [4.78, 5) is 14.4. The van der Waals surface area contributed by atoms with E-state index in [1.807, 2.05) is 70.8 Å². The molecule has 0 spiro atoms. The van der Waals surface area contributed by atoms with Crippen LogP contribution in [-0.2, 0) is 21.5 Å². The molecule has 0 bridgehead atoms. The topological polar surface area (TPSA) is 90.1 Å². The molecule has 7 heteroatoms. The van der Waals surface area contributed by atoms with Crippen LogP contribution in [0.25, 0.3) is 5.69 Å². The number of aromatic nitrogens is 1. The fourth-order valence-corrected chi connectivity index (χ4v) is 5.15. The summed E-state index contributed by atoms with van der Waals surface area (Å²) in [6.45, 7) is 13.0. The van der Waals surface area contributed by atoms with Gasteiger partial charge in [-0.2, -0.15) is 0 Å². The van der Waals surface area contributed by atoms with Gasteiger partial charge in [0.1, 0.15) is 11.4 Å². The van der Waals surface area contributed by atoms with Gasteiger partial charge < -0.3 is 20.3 Å². The summed E-state index contributed by atoms with van der Waals surface area (Å²) in [6, 6.07) is 15.3. The second kappa shape index (κ2) is 10.1. The highest BCUT2D eigenvalue weighted by molar-refractivity contribution is 7.93. The fraction of sp³-hybridized carbons (Fsp3) is 0.300. The van der Waals surface area contributed by atoms with Gasteiger partial charge in [-0.1, -0.05) is 58.3 Å². The van der Waals surface area contributed by atoms with E-state index >= 15 is 0 Å². The number of carbonyl (C=O) groups is 1. The van der Waals surface area contributed by atoms with Crippen LogP contribution >= 0.6 is 0 Å². The van der Waals surface area contributed by atoms with Crippen molar-refractivity contribution in [1.82, 2.24) is 4.57 Å². The van der Waals surface area contributed by atoms with Crippen molar-refractivity contribution in [2.75, 3.05) is 17.2 Å². The maximum absolute atomic E-state index is 13.4. The molecule has 1 amide bonds. The van der Waals surface area contributed by atoms with Gasteiger partial charge in [0.25, 0.3) is 5.91 Å². The number of rotatable bonds is 6. The van der Waals surface area contributed by atoms with Crippen molar-refractivity contribution in [2.24, 2.45) is 0 Å². The van der Waals surface area contributed by atoms with Crippen molar-refractivity contribution in [3.63, 3.8) is 0 Å². The number of hydrogen-bond acceptors (Lipinski definition) is 4. The number of hydrogen-bond donors (Lipinski definition) is 4. The molecule has 1 atom stereocenters. The van der Waals surface area contributed by atoms with Crippen molar-refractivity contribution in [2.45, 2.75) is 52.4 Å². The van der Waals surface area contributed by atoms with Gasteiger partial charge in [0, 0.05) is 45.8 Å². The predicted molar refractivity (Wildman–Crippen MR) is 155 cm³/mol. The van der Waals surface area contributed by atoms with Gasteiger partial charge in [0.2, 0.25) is 0 Å². The highest BCUT2D eigenvalue weighted by Gasteiger charge is 2.27. The average molecular weight is 517 g/mol. The normalized spacial score (nSPS) is 15.5. The molecular formula is C30H36N4O2S. The lowest BCUT2D eigenvalue weighted by atomic mass is 9.79. The second-order valence-corrected chi connectivity index (χ2v) is 12.8. The minimum Gasteiger partial charge on any atom is -0.507 e. The number of allylic oxidation sites excluding steroid dienone is 2. The van der Waals surface area contributed by atoms with Crippen LogP contribution in [0.4, 0.5) is 11.4 Å². The molecule has 0 aliphatic carbocycles. The van der Waals surface area contributed by atoms with Crippen LogP contribution in [0, 0.1) is 4.78 Å². The first kappa shape index (κ1) is 26.5. The summed E-state index contributed by atoms with van der Waals surface area (Å²) in [5.74, 6) is 0.0648. The Bertz CT molecular complexity index is 1370. The Balaban J connectivity index is 1.55. The number of carbonyl (C=O) groups excluding carboxylic acids is 1. The summed E-state index contributed by atoms with van der Waals surface area (Å²) in [5.41, 5.74) is 4.05. The molecule has 4 rings (SSSR count). The maximum atomic E-state index is 13.4. The van der Waals surface area contributed by atoms with E-state index in [2.05, 4.69) is 52.2 Å². The Hall–Kier alpha value is -3.58. The Morgan fingerprint density at radius 1 is 0.973 bits per heavy atom. The standard InChI is InChI=1S/C30H36N4O2S/c1-29(2,3)24-17-21(18-25(27(24)35)30(4,5)6)33-28(36)26-10-7-15-34(26)22-13-11-20(12-14-22)32-19-23-9-8-16-37(23)31/h7-18,31-32,35H,19H2,1-6H3,(H,33,36). The molecule has 1 aromatic heterocycles. The van der Waals surface area contributed by atoms with Crippen LogP contribution in [0.1, 0.15) is 63.2 Å². The third kappa shape index (κ3) is 5.88. The number of anilines is 2. The van der Waals surface area contributed by atoms with Gasteiger partial charge in [-0.15, -0.1) is 0 Å².